The van der Waals surface area contributed by atoms with Crippen LogP contribution in [0.3, 0.4) is 0 Å². The van der Waals surface area contributed by atoms with Crippen molar-refractivity contribution >= 4 is 35.0 Å². The molecule has 154 valence electrons. The van der Waals surface area contributed by atoms with Gasteiger partial charge in [-0.05, 0) is 42.0 Å². The molecule has 2 aliphatic heterocycles. The van der Waals surface area contributed by atoms with Crippen molar-refractivity contribution in [3.63, 3.8) is 0 Å². The largest absolute Gasteiger partial charge is 0.497 e. The normalized spacial score (nSPS) is 23.5. The van der Waals surface area contributed by atoms with Crippen LogP contribution in [0, 0.1) is 5.92 Å². The molecular weight excluding hydrogens is 412 g/mol. The molecule has 0 aliphatic carbocycles. The number of rotatable bonds is 6. The Morgan fingerprint density at radius 2 is 1.83 bits per heavy atom. The van der Waals surface area contributed by atoms with Crippen LogP contribution in [-0.4, -0.2) is 38.3 Å². The summed E-state index contributed by atoms with van der Waals surface area (Å²) in [6.45, 7) is 0.580. The number of thioether (sulfide) groups is 1. The van der Waals surface area contributed by atoms with Crippen molar-refractivity contribution < 1.29 is 14.3 Å². The number of fused-ring (bicyclic) bond motifs is 1. The van der Waals surface area contributed by atoms with Gasteiger partial charge in [-0.15, -0.1) is 11.8 Å². The maximum absolute atomic E-state index is 12.6. The van der Waals surface area contributed by atoms with Gasteiger partial charge >= 0.3 is 0 Å². The molecule has 0 aromatic heterocycles. The van der Waals surface area contributed by atoms with Gasteiger partial charge in [0, 0.05) is 23.4 Å². The molecule has 2 aliphatic rings. The molecule has 2 heterocycles. The maximum atomic E-state index is 12.6. The van der Waals surface area contributed by atoms with Crippen molar-refractivity contribution in [3.8, 4) is 11.5 Å². The number of carbonyl (C=O) groups excluding carboxylic acids is 1. The van der Waals surface area contributed by atoms with Crippen LogP contribution in [-0.2, 0) is 10.5 Å². The minimum atomic E-state index is -0.212. The van der Waals surface area contributed by atoms with Crippen molar-refractivity contribution in [3.05, 3.63) is 53.1 Å². The van der Waals surface area contributed by atoms with E-state index >= 15 is 0 Å². The predicted octanol–water partition coefficient (Wildman–Crippen LogP) is 2.56. The van der Waals surface area contributed by atoms with Gasteiger partial charge in [-0.3, -0.25) is 15.1 Å². The number of benzene rings is 2. The third kappa shape index (κ3) is 4.40. The molecule has 2 aromatic carbocycles. The second-order valence-electron chi connectivity index (χ2n) is 6.85. The number of anilines is 1. The molecule has 7 nitrogen and oxygen atoms in total. The quantitative estimate of drug-likeness (QED) is 0.645. The summed E-state index contributed by atoms with van der Waals surface area (Å²) in [7, 11) is 3.26. The Labute approximate surface area is 179 Å². The summed E-state index contributed by atoms with van der Waals surface area (Å²) in [5, 5.41) is 9.28. The molecule has 3 N–H and O–H groups in total. The third-order valence-corrected chi connectivity index (χ3v) is 6.35. The van der Waals surface area contributed by atoms with E-state index in [9.17, 15) is 4.79 Å². The van der Waals surface area contributed by atoms with Crippen molar-refractivity contribution in [2.75, 3.05) is 25.8 Å². The number of hydrogen-bond donors (Lipinski definition) is 3. The number of carbonyl (C=O) groups is 1. The highest BCUT2D eigenvalue weighted by Crippen LogP contribution is 2.30. The topological polar surface area (TPSA) is 74.9 Å². The van der Waals surface area contributed by atoms with Gasteiger partial charge in [-0.25, -0.2) is 5.43 Å². The summed E-state index contributed by atoms with van der Waals surface area (Å²) in [6.07, 6.45) is -0.137. The Morgan fingerprint density at radius 1 is 1.14 bits per heavy atom. The van der Waals surface area contributed by atoms with E-state index in [0.717, 1.165) is 22.7 Å². The zero-order chi connectivity index (χ0) is 20.4. The number of halogens is 1. The molecule has 29 heavy (non-hydrogen) atoms. The molecule has 0 bridgehead atoms. The van der Waals surface area contributed by atoms with Crippen molar-refractivity contribution in [2.45, 2.75) is 17.4 Å². The van der Waals surface area contributed by atoms with Crippen LogP contribution in [0.1, 0.15) is 5.56 Å². The van der Waals surface area contributed by atoms with Gasteiger partial charge in [-0.2, -0.15) is 0 Å². The fourth-order valence-corrected chi connectivity index (χ4v) is 4.61. The summed E-state index contributed by atoms with van der Waals surface area (Å²) in [4.78, 5) is 12.6. The third-order valence-electron chi connectivity index (χ3n) is 5.01. The molecule has 0 radical (unpaired) electrons. The van der Waals surface area contributed by atoms with Crippen LogP contribution < -0.4 is 30.5 Å². The monoisotopic (exact) mass is 434 g/mol. The highest BCUT2D eigenvalue weighted by atomic mass is 35.5. The van der Waals surface area contributed by atoms with Gasteiger partial charge in [0.2, 0.25) is 5.91 Å². The van der Waals surface area contributed by atoms with Gasteiger partial charge in [0.1, 0.15) is 23.2 Å². The Hall–Kier alpha value is -2.13. The number of hydrogen-bond acceptors (Lipinski definition) is 7. The van der Waals surface area contributed by atoms with E-state index in [1.54, 1.807) is 26.0 Å². The molecule has 2 fully saturated rings. The molecule has 2 saturated heterocycles. The lowest BCUT2D eigenvalue weighted by Crippen LogP contribution is -2.63. The van der Waals surface area contributed by atoms with E-state index < -0.39 is 0 Å². The molecular formula is C20H23ClN4O3S. The van der Waals surface area contributed by atoms with E-state index in [-0.39, 0.29) is 23.5 Å². The Bertz CT molecular complexity index is 860. The fourth-order valence-electron chi connectivity index (χ4n) is 3.52. The highest BCUT2D eigenvalue weighted by Gasteiger charge is 2.44. The summed E-state index contributed by atoms with van der Waals surface area (Å²) >= 11 is 7.62. The summed E-state index contributed by atoms with van der Waals surface area (Å²) < 4.78 is 10.7. The number of methoxy groups -OCH3 is 2. The molecule has 3 unspecified atom stereocenters. The Balaban J connectivity index is 1.45. The number of hydrazine groups is 1. The molecule has 1 amide bonds. The Morgan fingerprint density at radius 3 is 2.48 bits per heavy atom. The number of ether oxygens (including phenoxy) is 2. The highest BCUT2D eigenvalue weighted by molar-refractivity contribution is 7.99. The van der Waals surface area contributed by atoms with Crippen molar-refractivity contribution in [2.24, 2.45) is 5.92 Å². The first-order chi connectivity index (χ1) is 14.1. The lowest BCUT2D eigenvalue weighted by atomic mass is 10.1. The number of nitrogens with zero attached hydrogens (tertiary/aromatic N) is 1. The first-order valence-corrected chi connectivity index (χ1v) is 10.7. The molecule has 3 atom stereocenters. The number of nitrogens with one attached hydrogen (secondary N) is 3. The second-order valence-corrected chi connectivity index (χ2v) is 8.38. The van der Waals surface area contributed by atoms with E-state index in [0.29, 0.717) is 17.3 Å². The second kappa shape index (κ2) is 8.71. The van der Waals surface area contributed by atoms with Crippen molar-refractivity contribution in [1.29, 1.82) is 0 Å². The Kier molecular flexibility index (Phi) is 6.05. The lowest BCUT2D eigenvalue weighted by Gasteiger charge is -2.37. The molecule has 9 heteroatoms. The summed E-state index contributed by atoms with van der Waals surface area (Å²) in [5.41, 5.74) is 5.12. The van der Waals surface area contributed by atoms with Crippen LogP contribution in [0.5, 0.6) is 11.5 Å². The zero-order valence-corrected chi connectivity index (χ0v) is 17.7. The fraction of sp³-hybridized carbons (Fsp3) is 0.350. The first-order valence-electron chi connectivity index (χ1n) is 9.25. The van der Waals surface area contributed by atoms with Crippen molar-refractivity contribution in [1.82, 2.24) is 16.1 Å². The van der Waals surface area contributed by atoms with E-state index in [1.165, 1.54) is 0 Å². The lowest BCUT2D eigenvalue weighted by molar-refractivity contribution is -0.127. The first kappa shape index (κ1) is 20.2. The summed E-state index contributed by atoms with van der Waals surface area (Å²) in [5.74, 6) is 2.05. The van der Waals surface area contributed by atoms with Gasteiger partial charge in [-0.1, -0.05) is 11.6 Å². The summed E-state index contributed by atoms with van der Waals surface area (Å²) in [6, 6.07) is 13.4. The van der Waals surface area contributed by atoms with Gasteiger partial charge in [0.05, 0.1) is 25.8 Å². The zero-order valence-electron chi connectivity index (χ0n) is 16.1. The predicted molar refractivity (Wildman–Crippen MR) is 115 cm³/mol. The van der Waals surface area contributed by atoms with Gasteiger partial charge in [0.25, 0.3) is 0 Å². The smallest absolute Gasteiger partial charge is 0.229 e. The van der Waals surface area contributed by atoms with Crippen LogP contribution in [0.15, 0.2) is 42.5 Å². The minimum absolute atomic E-state index is 0.0402. The molecule has 0 spiro atoms. The number of amides is 1. The maximum Gasteiger partial charge on any atom is 0.229 e. The SMILES string of the molecule is COc1cc(CSC2NC(=O)C3CNN(c4ccc(Cl)cc4)C3N2)cc(OC)c1. The van der Waals surface area contributed by atoms with Gasteiger partial charge in [0.15, 0.2) is 0 Å². The molecule has 4 rings (SSSR count). The van der Waals surface area contributed by atoms with Crippen LogP contribution in [0.4, 0.5) is 5.69 Å². The van der Waals surface area contributed by atoms with E-state index in [2.05, 4.69) is 16.1 Å². The van der Waals surface area contributed by atoms with E-state index in [1.807, 2.05) is 47.5 Å². The van der Waals surface area contributed by atoms with Gasteiger partial charge < -0.3 is 14.8 Å². The molecule has 2 aromatic rings. The van der Waals surface area contributed by atoms with Crippen LogP contribution in [0.2, 0.25) is 5.02 Å². The average molecular weight is 435 g/mol. The molecule has 0 saturated carbocycles. The van der Waals surface area contributed by atoms with Crippen LogP contribution in [0.25, 0.3) is 0 Å². The van der Waals surface area contributed by atoms with E-state index in [4.69, 9.17) is 21.1 Å². The standard InChI is InChI=1S/C20H23ClN4O3S/c1-27-15-7-12(8-16(9-15)28-2)11-29-20-23-18-17(19(26)24-20)10-22-25(18)14-5-3-13(21)4-6-14/h3-9,17-18,20,22-23H,10-11H2,1-2H3,(H,24,26). The van der Waals surface area contributed by atoms with Crippen LogP contribution >= 0.6 is 23.4 Å². The average Bonchev–Trinajstić information content (AvgIpc) is 3.17. The minimum Gasteiger partial charge on any atom is -0.497 e.